The Morgan fingerprint density at radius 3 is 2.63 bits per heavy atom. The third kappa shape index (κ3) is 5.03. The van der Waals surface area contributed by atoms with Crippen LogP contribution in [0.1, 0.15) is 21.6 Å². The zero-order chi connectivity index (χ0) is 19.1. The van der Waals surface area contributed by atoms with Gasteiger partial charge in [0.2, 0.25) is 0 Å². The quantitative estimate of drug-likeness (QED) is 0.453. The summed E-state index contributed by atoms with van der Waals surface area (Å²) < 4.78 is 0. The molecule has 1 unspecified atom stereocenters. The zero-order valence-corrected chi connectivity index (χ0v) is 17.2. The van der Waals surface area contributed by atoms with Crippen LogP contribution in [-0.4, -0.2) is 43.3 Å². The van der Waals surface area contributed by atoms with Crippen molar-refractivity contribution in [1.82, 2.24) is 9.97 Å². The first-order valence-electron chi connectivity index (χ1n) is 8.78. The molecule has 3 rings (SSSR count). The monoisotopic (exact) mass is 423 g/mol. The summed E-state index contributed by atoms with van der Waals surface area (Å²) in [4.78, 5) is 21.3. The van der Waals surface area contributed by atoms with E-state index in [-0.39, 0.29) is 28.3 Å². The predicted octanol–water partition coefficient (Wildman–Crippen LogP) is 3.05. The third-order valence-corrected chi connectivity index (χ3v) is 6.77. The molecule has 2 N–H and O–H groups in total. The van der Waals surface area contributed by atoms with E-state index in [4.69, 9.17) is 5.11 Å². The van der Waals surface area contributed by atoms with Crippen LogP contribution >= 0.6 is 0 Å². The molecule has 2 aromatic heterocycles. The van der Waals surface area contributed by atoms with Crippen molar-refractivity contribution < 1.29 is 9.90 Å². The van der Waals surface area contributed by atoms with Crippen molar-refractivity contribution in [2.75, 3.05) is 11.9 Å². The summed E-state index contributed by atoms with van der Waals surface area (Å²) in [5.41, 5.74) is 5.02. The fraction of sp³-hybridized carbons (Fsp3) is 0.190. The Bertz CT molecular complexity index is 899. The molecule has 2 heterocycles. The number of carbonyl (C=O) groups is 1. The van der Waals surface area contributed by atoms with Crippen LogP contribution in [0, 0.1) is 6.92 Å². The van der Waals surface area contributed by atoms with Gasteiger partial charge in [0.1, 0.15) is 0 Å². The molecule has 27 heavy (non-hydrogen) atoms. The number of pyridine rings is 2. The second kappa shape index (κ2) is 9.45. The van der Waals surface area contributed by atoms with Gasteiger partial charge < -0.3 is 0 Å². The number of aliphatic hydroxyl groups is 1. The summed E-state index contributed by atoms with van der Waals surface area (Å²) in [5.74, 6) is -0.235. The van der Waals surface area contributed by atoms with Crippen LogP contribution in [0.3, 0.4) is 0 Å². The number of nitrogens with one attached hydrogen (secondary N) is 1. The maximum atomic E-state index is 12.6. The Kier molecular flexibility index (Phi) is 6.74. The molecule has 0 saturated carbocycles. The Balaban J connectivity index is 1.73. The van der Waals surface area contributed by atoms with Crippen LogP contribution in [-0.2, 0) is 5.21 Å². The van der Waals surface area contributed by atoms with E-state index in [9.17, 15) is 4.79 Å². The zero-order valence-electron chi connectivity index (χ0n) is 15.1. The van der Waals surface area contributed by atoms with Crippen LogP contribution in [0.4, 0.5) is 5.69 Å². The van der Waals surface area contributed by atoms with Gasteiger partial charge in [0, 0.05) is 0 Å². The number of amides is 1. The van der Waals surface area contributed by atoms with Crippen molar-refractivity contribution in [2.45, 2.75) is 17.3 Å². The van der Waals surface area contributed by atoms with Crippen LogP contribution in [0.15, 0.2) is 60.9 Å². The number of anilines is 1. The van der Waals surface area contributed by atoms with Gasteiger partial charge in [0.05, 0.1) is 0 Å². The standard InChI is InChI=1S/C21H22AsN3O2/c1-15-18(9-11-23-20(15)17-5-3-2-4-6-17)25-21(27)19-8-7-16(14-24-19)13-22-10-12-26/h2-9,11,14,22,26H,10,12-13H2,1H3,(H,23,25,27). The fourth-order valence-electron chi connectivity index (χ4n) is 2.72. The molecule has 1 amide bonds. The SMILES string of the molecule is Cc1c(NC(=O)c2ccc(C[AsH]CCO)cn2)ccnc1-c1ccccc1. The molecule has 3 aromatic rings. The third-order valence-electron chi connectivity index (χ3n) is 4.17. The van der Waals surface area contributed by atoms with Crippen LogP contribution in [0.2, 0.25) is 5.21 Å². The van der Waals surface area contributed by atoms with E-state index in [1.807, 2.05) is 43.3 Å². The van der Waals surface area contributed by atoms with Gasteiger partial charge in [-0.3, -0.25) is 0 Å². The fourth-order valence-corrected chi connectivity index (χ4v) is 4.47. The number of hydrogen-bond acceptors (Lipinski definition) is 4. The number of carbonyl (C=O) groups excluding carboxylic acids is 1. The van der Waals surface area contributed by atoms with E-state index in [1.165, 1.54) is 0 Å². The van der Waals surface area contributed by atoms with E-state index >= 15 is 0 Å². The van der Waals surface area contributed by atoms with Crippen LogP contribution in [0.25, 0.3) is 11.3 Å². The van der Waals surface area contributed by atoms with Gasteiger partial charge in [-0.15, -0.1) is 0 Å². The van der Waals surface area contributed by atoms with E-state index in [0.717, 1.165) is 38.5 Å². The molecule has 0 aliphatic carbocycles. The topological polar surface area (TPSA) is 75.1 Å². The van der Waals surface area contributed by atoms with E-state index in [0.29, 0.717) is 5.69 Å². The number of rotatable bonds is 7. The Labute approximate surface area is 165 Å². The van der Waals surface area contributed by atoms with Crippen molar-refractivity contribution in [3.63, 3.8) is 0 Å². The number of aliphatic hydroxyl groups excluding tert-OH is 1. The van der Waals surface area contributed by atoms with Gasteiger partial charge in [-0.05, 0) is 0 Å². The first-order valence-corrected chi connectivity index (χ1v) is 11.7. The Morgan fingerprint density at radius 1 is 1.11 bits per heavy atom. The van der Waals surface area contributed by atoms with Gasteiger partial charge >= 0.3 is 147 Å². The molecular weight excluding hydrogens is 401 g/mol. The summed E-state index contributed by atoms with van der Waals surface area (Å²) in [6, 6.07) is 15.4. The molecule has 138 valence electrons. The van der Waals surface area contributed by atoms with Gasteiger partial charge in [-0.25, -0.2) is 0 Å². The summed E-state index contributed by atoms with van der Waals surface area (Å²) in [6.45, 7) is 2.21. The number of hydrogen-bond donors (Lipinski definition) is 2. The summed E-state index contributed by atoms with van der Waals surface area (Å²) in [6.07, 6.45) is 3.46. The van der Waals surface area contributed by atoms with Gasteiger partial charge in [0.15, 0.2) is 0 Å². The molecule has 6 heteroatoms. The first kappa shape index (κ1) is 19.3. The molecule has 5 nitrogen and oxygen atoms in total. The van der Waals surface area contributed by atoms with Crippen LogP contribution < -0.4 is 5.32 Å². The van der Waals surface area contributed by atoms with Crippen molar-refractivity contribution >= 4 is 27.3 Å². The molecular formula is C21H22AsN3O2. The normalized spacial score (nSPS) is 11.0. The Morgan fingerprint density at radius 2 is 1.93 bits per heavy atom. The van der Waals surface area contributed by atoms with Gasteiger partial charge in [-0.2, -0.15) is 0 Å². The molecule has 0 fully saturated rings. The maximum absolute atomic E-state index is 12.6. The first-order chi connectivity index (χ1) is 13.2. The second-order valence-electron chi connectivity index (χ2n) is 6.10. The molecule has 0 spiro atoms. The smallest absolute Gasteiger partial charge is 0.0622 e. The predicted molar refractivity (Wildman–Crippen MR) is 109 cm³/mol. The minimum Gasteiger partial charge on any atom is -0.0622 e. The van der Waals surface area contributed by atoms with Gasteiger partial charge in [0.25, 0.3) is 0 Å². The molecule has 0 bridgehead atoms. The van der Waals surface area contributed by atoms with Crippen molar-refractivity contribution in [3.05, 3.63) is 77.7 Å². The Hall–Kier alpha value is -2.49. The van der Waals surface area contributed by atoms with Crippen molar-refractivity contribution in [2.24, 2.45) is 0 Å². The number of nitrogens with zero attached hydrogens (tertiary/aromatic N) is 2. The average molecular weight is 423 g/mol. The minimum absolute atomic E-state index is 0.178. The molecule has 1 atom stereocenters. The summed E-state index contributed by atoms with van der Waals surface area (Å²) in [7, 11) is 0. The molecule has 1 aromatic carbocycles. The van der Waals surface area contributed by atoms with E-state index < -0.39 is 0 Å². The van der Waals surface area contributed by atoms with Crippen molar-refractivity contribution in [3.8, 4) is 11.3 Å². The van der Waals surface area contributed by atoms with E-state index in [2.05, 4.69) is 15.3 Å². The van der Waals surface area contributed by atoms with Gasteiger partial charge in [-0.1, -0.05) is 18.2 Å². The average Bonchev–Trinajstić information content (AvgIpc) is 2.71. The van der Waals surface area contributed by atoms with E-state index in [1.54, 1.807) is 24.5 Å². The molecule has 0 saturated heterocycles. The molecule has 0 radical (unpaired) electrons. The van der Waals surface area contributed by atoms with Crippen LogP contribution in [0.5, 0.6) is 0 Å². The number of benzene rings is 1. The minimum atomic E-state index is -0.235. The summed E-state index contributed by atoms with van der Waals surface area (Å²) in [5, 5.41) is 13.7. The molecule has 0 aliphatic rings. The van der Waals surface area contributed by atoms with Crippen molar-refractivity contribution in [1.29, 1.82) is 0 Å². The summed E-state index contributed by atoms with van der Waals surface area (Å²) >= 11 is -0.178. The molecule has 0 aliphatic heterocycles. The second-order valence-corrected chi connectivity index (χ2v) is 8.94. The number of aromatic nitrogens is 2.